The first kappa shape index (κ1) is 12.4. The third-order valence-corrected chi connectivity index (χ3v) is 1.81. The minimum atomic E-state index is -4.70. The van der Waals surface area contributed by atoms with Gasteiger partial charge in [0, 0.05) is 0 Å². The predicted octanol–water partition coefficient (Wildman–Crippen LogP) is 3.45. The summed E-state index contributed by atoms with van der Waals surface area (Å²) >= 11 is 0. The van der Waals surface area contributed by atoms with Crippen molar-refractivity contribution in [2.45, 2.75) is 13.1 Å². The molecule has 5 heteroatoms. The summed E-state index contributed by atoms with van der Waals surface area (Å²) in [5.74, 6) is -1.61. The average molecular weight is 232 g/mol. The maximum Gasteiger partial charge on any atom is 0.419 e. The smallest absolute Gasteiger partial charge is 0.295 e. The Bertz CT molecular complexity index is 432. The van der Waals surface area contributed by atoms with Crippen LogP contribution in [0.15, 0.2) is 24.3 Å². The van der Waals surface area contributed by atoms with E-state index in [1.807, 2.05) is 0 Å². The zero-order valence-electron chi connectivity index (χ0n) is 8.31. The third kappa shape index (κ3) is 3.18. The molecular formula is C11H8F4O. The van der Waals surface area contributed by atoms with Gasteiger partial charge < -0.3 is 0 Å². The van der Waals surface area contributed by atoms with Crippen LogP contribution in [-0.2, 0) is 11.0 Å². The van der Waals surface area contributed by atoms with Crippen molar-refractivity contribution in [1.82, 2.24) is 0 Å². The van der Waals surface area contributed by atoms with Crippen molar-refractivity contribution in [3.05, 3.63) is 41.2 Å². The summed E-state index contributed by atoms with van der Waals surface area (Å²) < 4.78 is 49.6. The molecule has 0 amide bonds. The minimum absolute atomic E-state index is 0.209. The fourth-order valence-corrected chi connectivity index (χ4v) is 1.08. The maximum atomic E-state index is 13.0. The molecule has 0 saturated carbocycles. The molecule has 1 aromatic carbocycles. The number of carbonyl (C=O) groups excluding carboxylic acids is 1. The van der Waals surface area contributed by atoms with Crippen LogP contribution in [0.2, 0.25) is 0 Å². The fourth-order valence-electron chi connectivity index (χ4n) is 1.08. The van der Waals surface area contributed by atoms with E-state index in [9.17, 15) is 22.4 Å². The SMILES string of the molecule is CC(=O)/C=C/c1ccc(C(F)(F)F)c(F)c1. The number of rotatable bonds is 2. The van der Waals surface area contributed by atoms with E-state index in [1.165, 1.54) is 13.0 Å². The van der Waals surface area contributed by atoms with E-state index >= 15 is 0 Å². The summed E-state index contributed by atoms with van der Waals surface area (Å²) in [6.45, 7) is 1.29. The van der Waals surface area contributed by atoms with Crippen molar-refractivity contribution in [2.24, 2.45) is 0 Å². The normalized spacial score (nSPS) is 12.1. The molecule has 0 atom stereocenters. The van der Waals surface area contributed by atoms with Crippen molar-refractivity contribution in [3.8, 4) is 0 Å². The van der Waals surface area contributed by atoms with Crippen molar-refractivity contribution in [1.29, 1.82) is 0 Å². The predicted molar refractivity (Wildman–Crippen MR) is 51.1 cm³/mol. The van der Waals surface area contributed by atoms with Crippen LogP contribution in [0.25, 0.3) is 6.08 Å². The Morgan fingerprint density at radius 1 is 1.31 bits per heavy atom. The highest BCUT2D eigenvalue weighted by Gasteiger charge is 2.33. The largest absolute Gasteiger partial charge is 0.419 e. The highest BCUT2D eigenvalue weighted by molar-refractivity contribution is 5.91. The van der Waals surface area contributed by atoms with E-state index in [4.69, 9.17) is 0 Å². The molecule has 0 N–H and O–H groups in total. The van der Waals surface area contributed by atoms with Crippen LogP contribution < -0.4 is 0 Å². The molecule has 0 saturated heterocycles. The van der Waals surface area contributed by atoms with E-state index < -0.39 is 17.6 Å². The van der Waals surface area contributed by atoms with Gasteiger partial charge in [-0.15, -0.1) is 0 Å². The first-order chi connectivity index (χ1) is 7.30. The number of hydrogen-bond acceptors (Lipinski definition) is 1. The van der Waals surface area contributed by atoms with Gasteiger partial charge in [0.1, 0.15) is 5.82 Å². The van der Waals surface area contributed by atoms with E-state index in [2.05, 4.69) is 0 Å². The maximum absolute atomic E-state index is 13.0. The lowest BCUT2D eigenvalue weighted by molar-refractivity contribution is -0.140. The summed E-state index contributed by atoms with van der Waals surface area (Å²) in [5.41, 5.74) is -1.10. The minimum Gasteiger partial charge on any atom is -0.295 e. The van der Waals surface area contributed by atoms with Gasteiger partial charge in [-0.1, -0.05) is 12.1 Å². The number of benzene rings is 1. The Balaban J connectivity index is 3.05. The topological polar surface area (TPSA) is 17.1 Å². The van der Waals surface area contributed by atoms with Crippen LogP contribution in [0.1, 0.15) is 18.1 Å². The van der Waals surface area contributed by atoms with Crippen LogP contribution in [-0.4, -0.2) is 5.78 Å². The van der Waals surface area contributed by atoms with Crippen LogP contribution in [0.3, 0.4) is 0 Å². The first-order valence-electron chi connectivity index (χ1n) is 4.36. The molecule has 0 fully saturated rings. The second-order valence-electron chi connectivity index (χ2n) is 3.18. The molecule has 0 aromatic heterocycles. The molecule has 0 aliphatic heterocycles. The summed E-state index contributed by atoms with van der Waals surface area (Å²) in [4.78, 5) is 10.6. The zero-order valence-corrected chi connectivity index (χ0v) is 8.31. The molecule has 0 aliphatic rings. The second-order valence-corrected chi connectivity index (χ2v) is 3.18. The van der Waals surface area contributed by atoms with Gasteiger partial charge in [-0.2, -0.15) is 13.2 Å². The van der Waals surface area contributed by atoms with Crippen LogP contribution in [0.4, 0.5) is 17.6 Å². The second kappa shape index (κ2) is 4.47. The molecule has 1 aromatic rings. The van der Waals surface area contributed by atoms with E-state index in [0.29, 0.717) is 6.07 Å². The van der Waals surface area contributed by atoms with Gasteiger partial charge in [-0.05, 0) is 30.7 Å². The van der Waals surface area contributed by atoms with E-state index in [1.54, 1.807) is 0 Å². The Labute approximate surface area is 89.4 Å². The van der Waals surface area contributed by atoms with Gasteiger partial charge >= 0.3 is 6.18 Å². The molecule has 0 unspecified atom stereocenters. The van der Waals surface area contributed by atoms with Crippen molar-refractivity contribution < 1.29 is 22.4 Å². The lowest BCUT2D eigenvalue weighted by Gasteiger charge is -2.07. The number of halogens is 4. The third-order valence-electron chi connectivity index (χ3n) is 1.81. The molecule has 0 radical (unpaired) electrons. The number of hydrogen-bond donors (Lipinski definition) is 0. The van der Waals surface area contributed by atoms with Crippen molar-refractivity contribution >= 4 is 11.9 Å². The first-order valence-corrected chi connectivity index (χ1v) is 4.36. The molecule has 0 aliphatic carbocycles. The van der Waals surface area contributed by atoms with Gasteiger partial charge in [0.15, 0.2) is 5.78 Å². The number of alkyl halides is 3. The summed E-state index contributed by atoms with van der Waals surface area (Å²) in [6, 6.07) is 2.49. The summed E-state index contributed by atoms with van der Waals surface area (Å²) in [6.07, 6.45) is -2.29. The van der Waals surface area contributed by atoms with Gasteiger partial charge in [0.25, 0.3) is 0 Å². The van der Waals surface area contributed by atoms with Gasteiger partial charge in [-0.3, -0.25) is 4.79 Å². The number of allylic oxidation sites excluding steroid dienone is 1. The zero-order chi connectivity index (χ0) is 12.3. The summed E-state index contributed by atoms with van der Waals surface area (Å²) in [7, 11) is 0. The number of ketones is 1. The highest BCUT2D eigenvalue weighted by Crippen LogP contribution is 2.31. The molecule has 1 rings (SSSR count). The highest BCUT2D eigenvalue weighted by atomic mass is 19.4. The molecular weight excluding hydrogens is 224 g/mol. The Morgan fingerprint density at radius 2 is 1.94 bits per heavy atom. The van der Waals surface area contributed by atoms with Crippen molar-refractivity contribution in [3.63, 3.8) is 0 Å². The van der Waals surface area contributed by atoms with Crippen LogP contribution in [0.5, 0.6) is 0 Å². The Hall–Kier alpha value is -1.65. The lowest BCUT2D eigenvalue weighted by Crippen LogP contribution is -2.07. The quantitative estimate of drug-likeness (QED) is 0.563. The Morgan fingerprint density at radius 3 is 2.38 bits per heavy atom. The lowest BCUT2D eigenvalue weighted by atomic mass is 10.1. The standard InChI is InChI=1S/C11H8F4O/c1-7(16)2-3-8-4-5-9(10(12)6-8)11(13,14)15/h2-6H,1H3/b3-2+. The molecule has 0 heterocycles. The average Bonchev–Trinajstić information content (AvgIpc) is 2.12. The molecule has 16 heavy (non-hydrogen) atoms. The van der Waals surface area contributed by atoms with Crippen LogP contribution in [0, 0.1) is 5.82 Å². The van der Waals surface area contributed by atoms with E-state index in [-0.39, 0.29) is 11.3 Å². The monoisotopic (exact) mass is 232 g/mol. The van der Waals surface area contributed by atoms with Gasteiger partial charge in [0.2, 0.25) is 0 Å². The van der Waals surface area contributed by atoms with Gasteiger partial charge in [-0.25, -0.2) is 4.39 Å². The van der Waals surface area contributed by atoms with Gasteiger partial charge in [0.05, 0.1) is 5.56 Å². The molecule has 0 bridgehead atoms. The molecule has 1 nitrogen and oxygen atoms in total. The van der Waals surface area contributed by atoms with Crippen LogP contribution >= 0.6 is 0 Å². The Kier molecular flexibility index (Phi) is 3.47. The van der Waals surface area contributed by atoms with E-state index in [0.717, 1.165) is 18.2 Å². The number of carbonyl (C=O) groups is 1. The summed E-state index contributed by atoms with van der Waals surface area (Å²) in [5, 5.41) is 0. The molecule has 0 spiro atoms. The molecule has 86 valence electrons. The fraction of sp³-hybridized carbons (Fsp3) is 0.182. The van der Waals surface area contributed by atoms with Crippen molar-refractivity contribution in [2.75, 3.05) is 0 Å².